The van der Waals surface area contributed by atoms with Crippen LogP contribution in [-0.4, -0.2) is 69.6 Å². The molecule has 0 N–H and O–H groups in total. The molecule has 23 heavy (non-hydrogen) atoms. The zero-order valence-corrected chi connectivity index (χ0v) is 14.2. The Morgan fingerprint density at radius 3 is 2.70 bits per heavy atom. The molecule has 128 valence electrons. The van der Waals surface area contributed by atoms with Gasteiger partial charge in [0, 0.05) is 19.6 Å². The number of carbonyl (C=O) groups excluding carboxylic acids is 1. The lowest BCUT2D eigenvalue weighted by Gasteiger charge is -2.38. The van der Waals surface area contributed by atoms with Crippen LogP contribution in [0.5, 0.6) is 0 Å². The predicted molar refractivity (Wildman–Crippen MR) is 85.9 cm³/mol. The summed E-state index contributed by atoms with van der Waals surface area (Å²) in [6.07, 6.45) is 3.21. The Kier molecular flexibility index (Phi) is 5.27. The fourth-order valence-electron chi connectivity index (χ4n) is 3.40. The van der Waals surface area contributed by atoms with Crippen molar-refractivity contribution in [3.05, 3.63) is 11.4 Å². The molecule has 2 aliphatic rings. The maximum Gasteiger partial charge on any atom is 0.240 e. The number of morpholine rings is 1. The standard InChI is InChI=1S/C16H27N5O2/c1-3-21-17-13(2)14(18-21)12-20-7-5-4-6-15(20)16(22)19-8-10-23-11-9-19/h15H,3-12H2,1-2H3. The van der Waals surface area contributed by atoms with Gasteiger partial charge in [0.25, 0.3) is 0 Å². The third-order valence-electron chi connectivity index (χ3n) is 4.78. The number of aryl methyl sites for hydroxylation is 2. The Balaban J connectivity index is 1.70. The summed E-state index contributed by atoms with van der Waals surface area (Å²) in [6, 6.07) is -0.0203. The number of likely N-dealkylation sites (tertiary alicyclic amines) is 1. The van der Waals surface area contributed by atoms with E-state index < -0.39 is 0 Å². The zero-order chi connectivity index (χ0) is 16.2. The molecule has 0 bridgehead atoms. The lowest BCUT2D eigenvalue weighted by molar-refractivity contribution is -0.142. The number of piperidine rings is 1. The van der Waals surface area contributed by atoms with E-state index in [1.54, 1.807) is 4.80 Å². The van der Waals surface area contributed by atoms with Crippen molar-refractivity contribution < 1.29 is 9.53 Å². The number of aromatic nitrogens is 3. The van der Waals surface area contributed by atoms with Gasteiger partial charge >= 0.3 is 0 Å². The van der Waals surface area contributed by atoms with Gasteiger partial charge in [-0.3, -0.25) is 9.69 Å². The first-order valence-electron chi connectivity index (χ1n) is 8.70. The van der Waals surface area contributed by atoms with Crippen LogP contribution in [0.1, 0.15) is 37.6 Å². The molecule has 1 amide bonds. The summed E-state index contributed by atoms with van der Waals surface area (Å²) < 4.78 is 5.36. The molecule has 0 aliphatic carbocycles. The normalized spacial score (nSPS) is 23.2. The van der Waals surface area contributed by atoms with E-state index in [9.17, 15) is 4.79 Å². The van der Waals surface area contributed by atoms with E-state index in [0.717, 1.165) is 43.7 Å². The van der Waals surface area contributed by atoms with Gasteiger partial charge in [0.15, 0.2) is 0 Å². The molecular formula is C16H27N5O2. The highest BCUT2D eigenvalue weighted by molar-refractivity contribution is 5.82. The van der Waals surface area contributed by atoms with Gasteiger partial charge in [0.05, 0.1) is 37.2 Å². The van der Waals surface area contributed by atoms with Gasteiger partial charge in [-0.25, -0.2) is 0 Å². The molecule has 3 heterocycles. The van der Waals surface area contributed by atoms with Crippen LogP contribution in [0.15, 0.2) is 0 Å². The van der Waals surface area contributed by atoms with Gasteiger partial charge in [0.1, 0.15) is 0 Å². The highest BCUT2D eigenvalue weighted by Crippen LogP contribution is 2.22. The number of amides is 1. The Labute approximate surface area is 137 Å². The fourth-order valence-corrected chi connectivity index (χ4v) is 3.40. The van der Waals surface area contributed by atoms with Crippen molar-refractivity contribution in [2.45, 2.75) is 52.2 Å². The summed E-state index contributed by atoms with van der Waals surface area (Å²) >= 11 is 0. The number of ether oxygens (including phenoxy) is 1. The van der Waals surface area contributed by atoms with Crippen LogP contribution in [0.25, 0.3) is 0 Å². The quantitative estimate of drug-likeness (QED) is 0.821. The second-order valence-corrected chi connectivity index (χ2v) is 6.34. The molecule has 7 nitrogen and oxygen atoms in total. The fraction of sp³-hybridized carbons (Fsp3) is 0.812. The lowest BCUT2D eigenvalue weighted by atomic mass is 10.00. The summed E-state index contributed by atoms with van der Waals surface area (Å²) in [4.78, 5) is 18.9. The van der Waals surface area contributed by atoms with E-state index in [1.165, 1.54) is 0 Å². The molecule has 2 saturated heterocycles. The topological polar surface area (TPSA) is 63.5 Å². The van der Waals surface area contributed by atoms with Crippen LogP contribution in [0.4, 0.5) is 0 Å². The monoisotopic (exact) mass is 321 g/mol. The maximum atomic E-state index is 12.9. The molecule has 7 heteroatoms. The van der Waals surface area contributed by atoms with Gasteiger partial charge in [-0.2, -0.15) is 15.0 Å². The summed E-state index contributed by atoms with van der Waals surface area (Å²) in [5, 5.41) is 8.97. The highest BCUT2D eigenvalue weighted by Gasteiger charge is 2.33. The van der Waals surface area contributed by atoms with Crippen molar-refractivity contribution in [3.8, 4) is 0 Å². The van der Waals surface area contributed by atoms with Crippen molar-refractivity contribution in [1.29, 1.82) is 0 Å². The largest absolute Gasteiger partial charge is 0.378 e. The third kappa shape index (κ3) is 3.72. The van der Waals surface area contributed by atoms with E-state index in [4.69, 9.17) is 4.74 Å². The van der Waals surface area contributed by atoms with Gasteiger partial charge < -0.3 is 9.64 Å². The Bertz CT molecular complexity index is 539. The number of hydrogen-bond donors (Lipinski definition) is 0. The van der Waals surface area contributed by atoms with Crippen molar-refractivity contribution in [1.82, 2.24) is 24.8 Å². The van der Waals surface area contributed by atoms with Crippen molar-refractivity contribution in [2.75, 3.05) is 32.8 Å². The minimum atomic E-state index is -0.0203. The van der Waals surface area contributed by atoms with Gasteiger partial charge in [0.2, 0.25) is 5.91 Å². The third-order valence-corrected chi connectivity index (χ3v) is 4.78. The molecule has 2 aliphatic heterocycles. The van der Waals surface area contributed by atoms with Gasteiger partial charge in [-0.05, 0) is 33.2 Å². The van der Waals surface area contributed by atoms with Crippen LogP contribution >= 0.6 is 0 Å². The molecule has 1 aromatic rings. The maximum absolute atomic E-state index is 12.9. The first-order valence-corrected chi connectivity index (χ1v) is 8.70. The average Bonchev–Trinajstić information content (AvgIpc) is 2.95. The molecule has 3 rings (SSSR count). The molecule has 0 saturated carbocycles. The van der Waals surface area contributed by atoms with Gasteiger partial charge in [-0.1, -0.05) is 6.42 Å². The molecular weight excluding hydrogens is 294 g/mol. The number of rotatable bonds is 4. The Hall–Kier alpha value is -1.47. The van der Waals surface area contributed by atoms with Crippen LogP contribution in [0.3, 0.4) is 0 Å². The van der Waals surface area contributed by atoms with Crippen LogP contribution < -0.4 is 0 Å². The van der Waals surface area contributed by atoms with Crippen molar-refractivity contribution in [3.63, 3.8) is 0 Å². The first kappa shape index (κ1) is 16.4. The Morgan fingerprint density at radius 2 is 2.00 bits per heavy atom. The van der Waals surface area contributed by atoms with Gasteiger partial charge in [-0.15, -0.1) is 0 Å². The molecule has 2 fully saturated rings. The van der Waals surface area contributed by atoms with E-state index >= 15 is 0 Å². The highest BCUT2D eigenvalue weighted by atomic mass is 16.5. The van der Waals surface area contributed by atoms with Crippen LogP contribution in [0, 0.1) is 6.92 Å². The second-order valence-electron chi connectivity index (χ2n) is 6.34. The zero-order valence-electron chi connectivity index (χ0n) is 14.2. The first-order chi connectivity index (χ1) is 11.2. The van der Waals surface area contributed by atoms with E-state index in [0.29, 0.717) is 32.8 Å². The molecule has 0 radical (unpaired) electrons. The molecule has 1 unspecified atom stereocenters. The molecule has 0 aromatic carbocycles. The average molecular weight is 321 g/mol. The van der Waals surface area contributed by atoms with Crippen LogP contribution in [-0.2, 0) is 22.6 Å². The summed E-state index contributed by atoms with van der Waals surface area (Å²) in [5.41, 5.74) is 1.96. The Morgan fingerprint density at radius 1 is 1.22 bits per heavy atom. The minimum absolute atomic E-state index is 0.0203. The predicted octanol–water partition coefficient (Wildman–Crippen LogP) is 0.820. The number of nitrogens with zero attached hydrogens (tertiary/aromatic N) is 5. The van der Waals surface area contributed by atoms with Crippen molar-refractivity contribution in [2.24, 2.45) is 0 Å². The summed E-state index contributed by atoms with van der Waals surface area (Å²) in [5.74, 6) is 0.258. The van der Waals surface area contributed by atoms with E-state index in [1.807, 2.05) is 18.7 Å². The molecule has 0 spiro atoms. The smallest absolute Gasteiger partial charge is 0.240 e. The second kappa shape index (κ2) is 7.40. The summed E-state index contributed by atoms with van der Waals surface area (Å²) in [7, 11) is 0. The van der Waals surface area contributed by atoms with E-state index in [-0.39, 0.29) is 11.9 Å². The lowest BCUT2D eigenvalue weighted by Crippen LogP contribution is -2.53. The van der Waals surface area contributed by atoms with Crippen LogP contribution in [0.2, 0.25) is 0 Å². The molecule has 1 aromatic heterocycles. The molecule has 1 atom stereocenters. The minimum Gasteiger partial charge on any atom is -0.378 e. The number of hydrogen-bond acceptors (Lipinski definition) is 5. The van der Waals surface area contributed by atoms with Crippen molar-refractivity contribution >= 4 is 5.91 Å². The SMILES string of the molecule is CCn1nc(C)c(CN2CCCCC2C(=O)N2CCOCC2)n1. The van der Waals surface area contributed by atoms with E-state index in [2.05, 4.69) is 15.1 Å². The number of carbonyl (C=O) groups is 1. The summed E-state index contributed by atoms with van der Waals surface area (Å²) in [6.45, 7) is 9.22.